The van der Waals surface area contributed by atoms with Crippen molar-refractivity contribution in [1.29, 1.82) is 0 Å². The van der Waals surface area contributed by atoms with Gasteiger partial charge in [-0.1, -0.05) is 13.8 Å². The zero-order valence-corrected chi connectivity index (χ0v) is 9.21. The molecule has 0 aromatic heterocycles. The smallest absolute Gasteiger partial charge is 0.0630 e. The summed E-state index contributed by atoms with van der Waals surface area (Å²) < 4.78 is 5.61. The fourth-order valence-electron chi connectivity index (χ4n) is 2.11. The fourth-order valence-corrected chi connectivity index (χ4v) is 2.11. The van der Waals surface area contributed by atoms with Crippen molar-refractivity contribution in [3.8, 4) is 0 Å². The first-order valence-electron chi connectivity index (χ1n) is 5.24. The molecular formula is C11H22O2. The Balaban J connectivity index is 2.51. The van der Waals surface area contributed by atoms with Crippen LogP contribution in [0.1, 0.15) is 40.5 Å². The van der Waals surface area contributed by atoms with Crippen molar-refractivity contribution in [3.63, 3.8) is 0 Å². The molecule has 0 radical (unpaired) electrons. The van der Waals surface area contributed by atoms with Crippen LogP contribution in [0.2, 0.25) is 0 Å². The van der Waals surface area contributed by atoms with Gasteiger partial charge in [0.2, 0.25) is 0 Å². The molecule has 0 spiro atoms. The highest BCUT2D eigenvalue weighted by Gasteiger charge is 2.33. The molecule has 78 valence electrons. The predicted octanol–water partition coefficient (Wildman–Crippen LogP) is 2.21. The lowest BCUT2D eigenvalue weighted by Crippen LogP contribution is -2.40. The summed E-state index contributed by atoms with van der Waals surface area (Å²) in [4.78, 5) is 0. The van der Waals surface area contributed by atoms with Crippen LogP contribution >= 0.6 is 0 Å². The second kappa shape index (κ2) is 3.97. The van der Waals surface area contributed by atoms with E-state index in [1.165, 1.54) is 0 Å². The molecule has 13 heavy (non-hydrogen) atoms. The minimum Gasteiger partial charge on any atom is -0.393 e. The van der Waals surface area contributed by atoms with Gasteiger partial charge in [-0.2, -0.15) is 0 Å². The third-order valence-electron chi connectivity index (χ3n) is 2.90. The van der Waals surface area contributed by atoms with Crippen molar-refractivity contribution in [3.05, 3.63) is 0 Å². The van der Waals surface area contributed by atoms with E-state index in [0.717, 1.165) is 19.4 Å². The lowest BCUT2D eigenvalue weighted by Gasteiger charge is -2.38. The van der Waals surface area contributed by atoms with Gasteiger partial charge in [-0.05, 0) is 38.5 Å². The molecule has 0 aromatic rings. The Morgan fingerprint density at radius 3 is 2.46 bits per heavy atom. The van der Waals surface area contributed by atoms with E-state index in [2.05, 4.69) is 27.7 Å². The Bertz CT molecular complexity index is 163. The molecule has 0 amide bonds. The van der Waals surface area contributed by atoms with E-state index in [-0.39, 0.29) is 11.7 Å². The minimum absolute atomic E-state index is 0.0429. The van der Waals surface area contributed by atoms with Crippen LogP contribution in [-0.2, 0) is 4.74 Å². The molecule has 0 aliphatic carbocycles. The van der Waals surface area contributed by atoms with E-state index in [9.17, 15) is 5.11 Å². The molecule has 0 bridgehead atoms. The third-order valence-corrected chi connectivity index (χ3v) is 2.90. The van der Waals surface area contributed by atoms with Gasteiger partial charge in [0.1, 0.15) is 0 Å². The maximum atomic E-state index is 9.93. The standard InChI is InChI=1S/C11H22O2/c1-8(2)10(12)9-5-6-13-11(3,4)7-9/h8-10,12H,5-7H2,1-4H3. The van der Waals surface area contributed by atoms with Gasteiger partial charge in [0, 0.05) is 6.61 Å². The van der Waals surface area contributed by atoms with Crippen LogP contribution in [0, 0.1) is 11.8 Å². The van der Waals surface area contributed by atoms with Gasteiger partial charge in [-0.3, -0.25) is 0 Å². The Hall–Kier alpha value is -0.0800. The van der Waals surface area contributed by atoms with Gasteiger partial charge in [-0.25, -0.2) is 0 Å². The number of rotatable bonds is 2. The van der Waals surface area contributed by atoms with Crippen LogP contribution < -0.4 is 0 Å². The average molecular weight is 186 g/mol. The van der Waals surface area contributed by atoms with Crippen LogP contribution in [0.3, 0.4) is 0 Å². The van der Waals surface area contributed by atoms with Gasteiger partial charge in [0.15, 0.2) is 0 Å². The number of aliphatic hydroxyl groups excluding tert-OH is 1. The van der Waals surface area contributed by atoms with Gasteiger partial charge >= 0.3 is 0 Å². The predicted molar refractivity (Wildman–Crippen MR) is 53.6 cm³/mol. The molecule has 1 fully saturated rings. The van der Waals surface area contributed by atoms with E-state index in [4.69, 9.17) is 4.74 Å². The summed E-state index contributed by atoms with van der Waals surface area (Å²) in [6.45, 7) is 9.15. The summed E-state index contributed by atoms with van der Waals surface area (Å²) in [7, 11) is 0. The summed E-state index contributed by atoms with van der Waals surface area (Å²) in [6, 6.07) is 0. The molecule has 1 heterocycles. The molecular weight excluding hydrogens is 164 g/mol. The number of ether oxygens (including phenoxy) is 1. The lowest BCUT2D eigenvalue weighted by molar-refractivity contribution is -0.101. The number of hydrogen-bond acceptors (Lipinski definition) is 2. The van der Waals surface area contributed by atoms with Crippen LogP contribution in [0.25, 0.3) is 0 Å². The van der Waals surface area contributed by atoms with Crippen molar-refractivity contribution in [2.45, 2.75) is 52.2 Å². The molecule has 2 heteroatoms. The normalized spacial score (nSPS) is 30.5. The monoisotopic (exact) mass is 186 g/mol. The Kier molecular flexibility index (Phi) is 3.36. The molecule has 1 N–H and O–H groups in total. The quantitative estimate of drug-likeness (QED) is 0.716. The summed E-state index contributed by atoms with van der Waals surface area (Å²) in [5.41, 5.74) is -0.0429. The maximum Gasteiger partial charge on any atom is 0.0630 e. The Labute approximate surface area is 81.3 Å². The van der Waals surface area contributed by atoms with Gasteiger partial charge < -0.3 is 9.84 Å². The molecule has 0 saturated carbocycles. The highest BCUT2D eigenvalue weighted by Crippen LogP contribution is 2.32. The molecule has 2 atom stereocenters. The second-order valence-electron chi connectivity index (χ2n) is 5.10. The molecule has 2 nitrogen and oxygen atoms in total. The maximum absolute atomic E-state index is 9.93. The zero-order chi connectivity index (χ0) is 10.1. The molecule has 1 aliphatic heterocycles. The van der Waals surface area contributed by atoms with Crippen LogP contribution in [0.5, 0.6) is 0 Å². The average Bonchev–Trinajstić information content (AvgIpc) is 2.01. The van der Waals surface area contributed by atoms with Gasteiger partial charge in [0.05, 0.1) is 11.7 Å². The Morgan fingerprint density at radius 2 is 2.00 bits per heavy atom. The largest absolute Gasteiger partial charge is 0.393 e. The van der Waals surface area contributed by atoms with Crippen molar-refractivity contribution < 1.29 is 9.84 Å². The van der Waals surface area contributed by atoms with Crippen molar-refractivity contribution in [2.24, 2.45) is 11.8 Å². The first-order valence-corrected chi connectivity index (χ1v) is 5.24. The lowest BCUT2D eigenvalue weighted by atomic mass is 9.81. The van der Waals surface area contributed by atoms with Crippen molar-refractivity contribution in [2.75, 3.05) is 6.61 Å². The van der Waals surface area contributed by atoms with Crippen molar-refractivity contribution in [1.82, 2.24) is 0 Å². The number of hydrogen-bond donors (Lipinski definition) is 1. The highest BCUT2D eigenvalue weighted by atomic mass is 16.5. The van der Waals surface area contributed by atoms with Crippen LogP contribution in [0.4, 0.5) is 0 Å². The summed E-state index contributed by atoms with van der Waals surface area (Å²) in [6.07, 6.45) is 1.82. The van der Waals surface area contributed by atoms with E-state index >= 15 is 0 Å². The van der Waals surface area contributed by atoms with E-state index in [1.807, 2.05) is 0 Å². The topological polar surface area (TPSA) is 29.5 Å². The van der Waals surface area contributed by atoms with Crippen molar-refractivity contribution >= 4 is 0 Å². The fraction of sp³-hybridized carbons (Fsp3) is 1.00. The van der Waals surface area contributed by atoms with E-state index in [0.29, 0.717) is 11.8 Å². The summed E-state index contributed by atoms with van der Waals surface area (Å²) in [5.74, 6) is 0.780. The molecule has 0 aromatic carbocycles. The van der Waals surface area contributed by atoms with E-state index < -0.39 is 0 Å². The summed E-state index contributed by atoms with van der Waals surface area (Å²) in [5, 5.41) is 9.93. The first kappa shape index (κ1) is 11.0. The summed E-state index contributed by atoms with van der Waals surface area (Å²) >= 11 is 0. The minimum atomic E-state index is -0.164. The highest BCUT2D eigenvalue weighted by molar-refractivity contribution is 4.83. The molecule has 2 unspecified atom stereocenters. The van der Waals surface area contributed by atoms with Crippen LogP contribution in [-0.4, -0.2) is 23.4 Å². The van der Waals surface area contributed by atoms with Crippen LogP contribution in [0.15, 0.2) is 0 Å². The van der Waals surface area contributed by atoms with Gasteiger partial charge in [0.25, 0.3) is 0 Å². The first-order chi connectivity index (χ1) is 5.92. The molecule has 1 saturated heterocycles. The molecule has 1 aliphatic rings. The second-order valence-corrected chi connectivity index (χ2v) is 5.10. The Morgan fingerprint density at radius 1 is 1.38 bits per heavy atom. The van der Waals surface area contributed by atoms with E-state index in [1.54, 1.807) is 0 Å². The number of aliphatic hydroxyl groups is 1. The van der Waals surface area contributed by atoms with Gasteiger partial charge in [-0.15, -0.1) is 0 Å². The SMILES string of the molecule is CC(C)C(O)C1CCOC(C)(C)C1. The zero-order valence-electron chi connectivity index (χ0n) is 9.21. The molecule has 1 rings (SSSR count). The third kappa shape index (κ3) is 2.96.